The summed E-state index contributed by atoms with van der Waals surface area (Å²) in [4.78, 5) is 0. The van der Waals surface area contributed by atoms with Crippen molar-refractivity contribution in [1.29, 1.82) is 0 Å². The number of allylic oxidation sites excluding steroid dienone is 3. The summed E-state index contributed by atoms with van der Waals surface area (Å²) in [6.45, 7) is 11.9. The highest BCUT2D eigenvalue weighted by Gasteiger charge is 2.25. The van der Waals surface area contributed by atoms with Crippen molar-refractivity contribution in [3.63, 3.8) is 0 Å². The van der Waals surface area contributed by atoms with Crippen LogP contribution in [0.5, 0.6) is 0 Å². The van der Waals surface area contributed by atoms with Crippen LogP contribution in [0.15, 0.2) is 36.5 Å². The van der Waals surface area contributed by atoms with Crippen LogP contribution in [0.2, 0.25) is 0 Å². The van der Waals surface area contributed by atoms with Crippen molar-refractivity contribution in [2.24, 2.45) is 5.41 Å². The van der Waals surface area contributed by atoms with E-state index in [0.717, 1.165) is 0 Å². The maximum Gasteiger partial charge on any atom is 0.0647 e. The summed E-state index contributed by atoms with van der Waals surface area (Å²) in [6.07, 6.45) is 12.0. The molecule has 0 saturated heterocycles. The highest BCUT2D eigenvalue weighted by atomic mass is 16.5. The van der Waals surface area contributed by atoms with Gasteiger partial charge in [-0.15, -0.1) is 0 Å². The van der Waals surface area contributed by atoms with E-state index in [-0.39, 0.29) is 5.41 Å². The van der Waals surface area contributed by atoms with Gasteiger partial charge in [0.25, 0.3) is 0 Å². The van der Waals surface area contributed by atoms with Gasteiger partial charge in [-0.05, 0) is 20.8 Å². The molecule has 0 amide bonds. The molecule has 0 rings (SSSR count). The summed E-state index contributed by atoms with van der Waals surface area (Å²) in [5.41, 5.74) is -0.120. The molecular formula is C17H30O3. The third-order valence-electron chi connectivity index (χ3n) is 2.70. The highest BCUT2D eigenvalue weighted by molar-refractivity contribution is 4.81. The van der Waals surface area contributed by atoms with Crippen molar-refractivity contribution in [3.05, 3.63) is 36.5 Å². The summed E-state index contributed by atoms with van der Waals surface area (Å²) in [5.74, 6) is 0. The first-order chi connectivity index (χ1) is 9.68. The van der Waals surface area contributed by atoms with Crippen LogP contribution in [-0.2, 0) is 14.2 Å². The minimum atomic E-state index is -0.120. The Hall–Kier alpha value is -0.900. The molecule has 0 aromatic heterocycles. The summed E-state index contributed by atoms with van der Waals surface area (Å²) in [6, 6.07) is 0. The molecule has 0 N–H and O–H groups in total. The maximum absolute atomic E-state index is 5.67. The lowest BCUT2D eigenvalue weighted by molar-refractivity contribution is -0.0463. The normalized spacial score (nSPS) is 13.2. The van der Waals surface area contributed by atoms with Crippen molar-refractivity contribution in [2.45, 2.75) is 27.7 Å². The fourth-order valence-corrected chi connectivity index (χ4v) is 1.53. The molecule has 116 valence electrons. The van der Waals surface area contributed by atoms with E-state index < -0.39 is 0 Å². The molecule has 0 fully saturated rings. The van der Waals surface area contributed by atoms with Gasteiger partial charge in [-0.3, -0.25) is 0 Å². The van der Waals surface area contributed by atoms with Gasteiger partial charge in [0.2, 0.25) is 0 Å². The van der Waals surface area contributed by atoms with Gasteiger partial charge < -0.3 is 14.2 Å². The van der Waals surface area contributed by atoms with Gasteiger partial charge in [0, 0.05) is 5.41 Å². The average molecular weight is 282 g/mol. The van der Waals surface area contributed by atoms with Gasteiger partial charge in [-0.1, -0.05) is 43.4 Å². The minimum Gasteiger partial charge on any atom is -0.377 e. The fraction of sp³-hybridized carbons (Fsp3) is 0.647. The third kappa shape index (κ3) is 11.0. The highest BCUT2D eigenvalue weighted by Crippen LogP contribution is 2.18. The maximum atomic E-state index is 5.67. The Balaban J connectivity index is 4.17. The Morgan fingerprint density at radius 1 is 0.650 bits per heavy atom. The van der Waals surface area contributed by atoms with E-state index in [2.05, 4.69) is 6.92 Å². The van der Waals surface area contributed by atoms with Crippen LogP contribution >= 0.6 is 0 Å². The number of hydrogen-bond donors (Lipinski definition) is 0. The topological polar surface area (TPSA) is 27.7 Å². The van der Waals surface area contributed by atoms with Crippen molar-refractivity contribution in [2.75, 3.05) is 39.6 Å². The Morgan fingerprint density at radius 3 is 1.20 bits per heavy atom. The molecule has 3 nitrogen and oxygen atoms in total. The van der Waals surface area contributed by atoms with E-state index in [1.807, 2.05) is 57.2 Å². The Bertz CT molecular complexity index is 247. The van der Waals surface area contributed by atoms with Gasteiger partial charge in [0.15, 0.2) is 0 Å². The molecule has 0 aliphatic carbocycles. The molecule has 0 atom stereocenters. The van der Waals surface area contributed by atoms with Crippen LogP contribution in [0.4, 0.5) is 0 Å². The van der Waals surface area contributed by atoms with Gasteiger partial charge in [-0.2, -0.15) is 0 Å². The zero-order chi connectivity index (χ0) is 15.1. The minimum absolute atomic E-state index is 0.120. The molecule has 0 saturated carbocycles. The smallest absolute Gasteiger partial charge is 0.0647 e. The molecule has 0 spiro atoms. The second-order valence-electron chi connectivity index (χ2n) is 5.06. The summed E-state index contributed by atoms with van der Waals surface area (Å²) in [5, 5.41) is 0. The monoisotopic (exact) mass is 282 g/mol. The number of rotatable bonds is 12. The summed E-state index contributed by atoms with van der Waals surface area (Å²) >= 11 is 0. The molecule has 20 heavy (non-hydrogen) atoms. The lowest BCUT2D eigenvalue weighted by Crippen LogP contribution is -2.34. The van der Waals surface area contributed by atoms with Gasteiger partial charge in [0.05, 0.1) is 39.6 Å². The second-order valence-corrected chi connectivity index (χ2v) is 5.06. The molecule has 0 aromatic rings. The van der Waals surface area contributed by atoms with Gasteiger partial charge in [-0.25, -0.2) is 0 Å². The van der Waals surface area contributed by atoms with Crippen LogP contribution in [0.1, 0.15) is 27.7 Å². The van der Waals surface area contributed by atoms with E-state index in [9.17, 15) is 0 Å². The molecule has 0 heterocycles. The largest absolute Gasteiger partial charge is 0.377 e. The van der Waals surface area contributed by atoms with E-state index in [1.54, 1.807) is 0 Å². The zero-order valence-electron chi connectivity index (χ0n) is 13.4. The molecule has 0 aliphatic rings. The molecular weight excluding hydrogens is 252 g/mol. The van der Waals surface area contributed by atoms with Crippen LogP contribution in [-0.4, -0.2) is 39.6 Å². The molecule has 0 aliphatic heterocycles. The molecule has 3 heteroatoms. The zero-order valence-corrected chi connectivity index (χ0v) is 13.4. The third-order valence-corrected chi connectivity index (χ3v) is 2.70. The number of hydrogen-bond acceptors (Lipinski definition) is 3. The van der Waals surface area contributed by atoms with Crippen LogP contribution in [0.25, 0.3) is 0 Å². The van der Waals surface area contributed by atoms with E-state index in [1.165, 1.54) is 0 Å². The quantitative estimate of drug-likeness (QED) is 0.403. The SMILES string of the molecule is C/C=C/COCC(C)(COC/C=C/C)COC/C=C/C. The predicted molar refractivity (Wildman–Crippen MR) is 85.0 cm³/mol. The van der Waals surface area contributed by atoms with Crippen molar-refractivity contribution in [1.82, 2.24) is 0 Å². The number of ether oxygens (including phenoxy) is 3. The molecule has 0 bridgehead atoms. The van der Waals surface area contributed by atoms with Gasteiger partial charge in [0.1, 0.15) is 0 Å². The van der Waals surface area contributed by atoms with Crippen molar-refractivity contribution in [3.8, 4) is 0 Å². The van der Waals surface area contributed by atoms with E-state index >= 15 is 0 Å². The summed E-state index contributed by atoms with van der Waals surface area (Å²) < 4.78 is 17.0. The Labute approximate surface area is 124 Å². The van der Waals surface area contributed by atoms with Crippen LogP contribution in [0, 0.1) is 5.41 Å². The average Bonchev–Trinajstić information content (AvgIpc) is 2.45. The Kier molecular flexibility index (Phi) is 12.5. The molecule has 0 unspecified atom stereocenters. The first-order valence-corrected chi connectivity index (χ1v) is 7.25. The van der Waals surface area contributed by atoms with Gasteiger partial charge >= 0.3 is 0 Å². The lowest BCUT2D eigenvalue weighted by atomic mass is 9.94. The summed E-state index contributed by atoms with van der Waals surface area (Å²) in [7, 11) is 0. The fourth-order valence-electron chi connectivity index (χ4n) is 1.53. The van der Waals surface area contributed by atoms with E-state index in [0.29, 0.717) is 39.6 Å². The lowest BCUT2D eigenvalue weighted by Gasteiger charge is -2.28. The first-order valence-electron chi connectivity index (χ1n) is 7.25. The predicted octanol–water partition coefficient (Wildman–Crippen LogP) is 3.77. The van der Waals surface area contributed by atoms with Crippen molar-refractivity contribution >= 4 is 0 Å². The first kappa shape index (κ1) is 19.1. The van der Waals surface area contributed by atoms with E-state index in [4.69, 9.17) is 14.2 Å². The second kappa shape index (κ2) is 13.1. The Morgan fingerprint density at radius 2 is 0.950 bits per heavy atom. The molecule has 0 aromatic carbocycles. The van der Waals surface area contributed by atoms with Crippen molar-refractivity contribution < 1.29 is 14.2 Å². The standard InChI is InChI=1S/C17H30O3/c1-5-8-11-18-14-17(4,15-19-12-9-6-2)16-20-13-10-7-3/h5-10H,11-16H2,1-4H3/b8-5+,9-6+,10-7+. The van der Waals surface area contributed by atoms with Crippen LogP contribution < -0.4 is 0 Å². The van der Waals surface area contributed by atoms with Crippen LogP contribution in [0.3, 0.4) is 0 Å². The molecule has 0 radical (unpaired) electrons.